The molecule has 1 aliphatic rings. The Hall–Kier alpha value is -2.24. The third kappa shape index (κ3) is 4.06. The first kappa shape index (κ1) is 19.1. The Labute approximate surface area is 148 Å². The van der Waals surface area contributed by atoms with Crippen LogP contribution in [-0.2, 0) is 15.9 Å². The number of nitrogens with zero attached hydrogens (tertiary/aromatic N) is 2. The van der Waals surface area contributed by atoms with Gasteiger partial charge in [0.2, 0.25) is 11.8 Å². The summed E-state index contributed by atoms with van der Waals surface area (Å²) in [7, 11) is 3.08. The van der Waals surface area contributed by atoms with Crippen LogP contribution in [-0.4, -0.2) is 44.4 Å². The molecule has 6 heteroatoms. The lowest BCUT2D eigenvalue weighted by Gasteiger charge is -2.32. The molecule has 0 saturated heterocycles. The third-order valence-electron chi connectivity index (χ3n) is 4.27. The van der Waals surface area contributed by atoms with Crippen molar-refractivity contribution in [1.82, 2.24) is 0 Å². The number of halogens is 1. The second-order valence-electron chi connectivity index (χ2n) is 7.25. The molecule has 0 aliphatic carbocycles. The van der Waals surface area contributed by atoms with Gasteiger partial charge in [-0.15, -0.1) is 0 Å². The van der Waals surface area contributed by atoms with Crippen LogP contribution in [0, 0.1) is 18.2 Å². The molecule has 0 aromatic heterocycles. The number of benzene rings is 1. The SMILES string of the molecule is COC1=N[C@@H](Cc2cc(C=O)c(C)cc2[18F])C(OC)=NC1C(C)(C)C. The third-order valence-corrected chi connectivity index (χ3v) is 4.27. The molecular weight excluding hydrogens is 322 g/mol. The Balaban J connectivity index is 2.39. The van der Waals surface area contributed by atoms with E-state index in [1.54, 1.807) is 20.1 Å². The van der Waals surface area contributed by atoms with Crippen LogP contribution >= 0.6 is 0 Å². The van der Waals surface area contributed by atoms with Crippen molar-refractivity contribution in [2.75, 3.05) is 14.2 Å². The highest BCUT2D eigenvalue weighted by molar-refractivity contribution is 5.94. The quantitative estimate of drug-likeness (QED) is 0.788. The highest BCUT2D eigenvalue weighted by Crippen LogP contribution is 2.28. The van der Waals surface area contributed by atoms with Crippen LogP contribution in [0.1, 0.15) is 42.3 Å². The maximum absolute atomic E-state index is 14.3. The summed E-state index contributed by atoms with van der Waals surface area (Å²) in [6.45, 7) is 7.83. The van der Waals surface area contributed by atoms with Crippen molar-refractivity contribution in [2.45, 2.75) is 46.2 Å². The number of aryl methyl sites for hydroxylation is 1. The van der Waals surface area contributed by atoms with Crippen LogP contribution in [0.5, 0.6) is 0 Å². The standard InChI is InChI=1S/C19H25FN2O3/c1-11-7-14(20)12(8-13(11)10-23)9-15-17(24-5)22-16(19(2,3)4)18(21-15)25-6/h7-8,10,15-16H,9H2,1-6H3/t15-,16?/m0/s1/i20-1. The molecule has 0 bridgehead atoms. The molecule has 1 aliphatic heterocycles. The van der Waals surface area contributed by atoms with E-state index in [0.717, 1.165) is 6.29 Å². The number of ether oxygens (including phenoxy) is 2. The van der Waals surface area contributed by atoms with Gasteiger partial charge in [0, 0.05) is 12.0 Å². The topological polar surface area (TPSA) is 60.2 Å². The van der Waals surface area contributed by atoms with Gasteiger partial charge in [-0.2, -0.15) is 0 Å². The molecular formula is C19H25FN2O3. The van der Waals surface area contributed by atoms with Crippen molar-refractivity contribution in [2.24, 2.45) is 15.4 Å². The number of aliphatic imine (C=N–C) groups is 2. The summed E-state index contributed by atoms with van der Waals surface area (Å²) in [6, 6.07) is 2.17. The average Bonchev–Trinajstić information content (AvgIpc) is 2.55. The lowest BCUT2D eigenvalue weighted by molar-refractivity contribution is 0.112. The van der Waals surface area contributed by atoms with Crippen LogP contribution in [0.25, 0.3) is 0 Å². The van der Waals surface area contributed by atoms with Crippen molar-refractivity contribution in [3.63, 3.8) is 0 Å². The molecule has 136 valence electrons. The Morgan fingerprint density at radius 3 is 2.32 bits per heavy atom. The van der Waals surface area contributed by atoms with E-state index in [-0.39, 0.29) is 23.7 Å². The Kier molecular flexibility index (Phi) is 5.60. The maximum atomic E-state index is 14.3. The molecule has 0 N–H and O–H groups in total. The summed E-state index contributed by atoms with van der Waals surface area (Å²) < 4.78 is 25.2. The fourth-order valence-corrected chi connectivity index (χ4v) is 2.83. The molecule has 1 unspecified atom stereocenters. The molecule has 25 heavy (non-hydrogen) atoms. The fraction of sp³-hybridized carbons (Fsp3) is 0.526. The molecule has 0 fully saturated rings. The first-order valence-corrected chi connectivity index (χ1v) is 8.18. The molecule has 2 atom stereocenters. The van der Waals surface area contributed by atoms with Crippen molar-refractivity contribution >= 4 is 18.1 Å². The zero-order valence-electron chi connectivity index (χ0n) is 15.6. The predicted molar refractivity (Wildman–Crippen MR) is 96.1 cm³/mol. The van der Waals surface area contributed by atoms with Gasteiger partial charge < -0.3 is 9.47 Å². The van der Waals surface area contributed by atoms with E-state index < -0.39 is 6.04 Å². The molecule has 0 amide bonds. The van der Waals surface area contributed by atoms with Crippen LogP contribution in [0.15, 0.2) is 22.1 Å². The van der Waals surface area contributed by atoms with E-state index in [9.17, 15) is 9.18 Å². The van der Waals surface area contributed by atoms with E-state index in [1.807, 2.05) is 20.8 Å². The second-order valence-corrected chi connectivity index (χ2v) is 7.25. The van der Waals surface area contributed by atoms with Gasteiger partial charge in [-0.05, 0) is 35.6 Å². The first-order chi connectivity index (χ1) is 11.7. The number of rotatable bonds is 3. The zero-order valence-corrected chi connectivity index (χ0v) is 15.6. The summed E-state index contributed by atoms with van der Waals surface area (Å²) in [4.78, 5) is 20.4. The van der Waals surface area contributed by atoms with E-state index in [2.05, 4.69) is 9.98 Å². The van der Waals surface area contributed by atoms with Crippen molar-refractivity contribution in [3.8, 4) is 0 Å². The van der Waals surface area contributed by atoms with Crippen LogP contribution in [0.2, 0.25) is 0 Å². The minimum atomic E-state index is -0.491. The number of hydrogen-bond donors (Lipinski definition) is 0. The Morgan fingerprint density at radius 1 is 1.16 bits per heavy atom. The van der Waals surface area contributed by atoms with Gasteiger partial charge in [0.05, 0.1) is 14.2 Å². The van der Waals surface area contributed by atoms with E-state index in [4.69, 9.17) is 9.47 Å². The smallest absolute Gasteiger partial charge is 0.210 e. The van der Waals surface area contributed by atoms with Crippen molar-refractivity contribution < 1.29 is 18.7 Å². The highest BCUT2D eigenvalue weighted by atomic mass is 18.2. The Bertz CT molecular complexity index is 720. The monoisotopic (exact) mass is 347 g/mol. The average molecular weight is 347 g/mol. The number of hydrogen-bond acceptors (Lipinski definition) is 5. The largest absolute Gasteiger partial charge is 0.483 e. The molecule has 5 nitrogen and oxygen atoms in total. The minimum absolute atomic E-state index is 0.191. The van der Waals surface area contributed by atoms with Crippen LogP contribution in [0.3, 0.4) is 0 Å². The number of carbonyl (C=O) groups is 1. The molecule has 1 heterocycles. The van der Waals surface area contributed by atoms with Gasteiger partial charge in [0.25, 0.3) is 0 Å². The second kappa shape index (κ2) is 7.33. The molecule has 1 aromatic carbocycles. The summed E-state index contributed by atoms with van der Waals surface area (Å²) in [5.74, 6) is 0.570. The molecule has 0 spiro atoms. The lowest BCUT2D eigenvalue weighted by atomic mass is 9.86. The minimum Gasteiger partial charge on any atom is -0.483 e. The fourth-order valence-electron chi connectivity index (χ4n) is 2.83. The van der Waals surface area contributed by atoms with E-state index in [0.29, 0.717) is 28.5 Å². The van der Waals surface area contributed by atoms with Gasteiger partial charge in [0.1, 0.15) is 24.2 Å². The lowest BCUT2D eigenvalue weighted by Crippen LogP contribution is -2.42. The first-order valence-electron chi connectivity index (χ1n) is 8.18. The molecule has 0 saturated carbocycles. The van der Waals surface area contributed by atoms with Gasteiger partial charge in [-0.25, -0.2) is 14.4 Å². The van der Waals surface area contributed by atoms with Gasteiger partial charge in [-0.3, -0.25) is 4.79 Å². The molecule has 2 rings (SSSR count). The maximum Gasteiger partial charge on any atom is 0.210 e. The normalized spacial score (nSPS) is 20.6. The Morgan fingerprint density at radius 2 is 1.80 bits per heavy atom. The van der Waals surface area contributed by atoms with Crippen LogP contribution in [0.4, 0.5) is 4.39 Å². The zero-order chi connectivity index (χ0) is 18.8. The summed E-state index contributed by atoms with van der Waals surface area (Å²) in [5, 5.41) is 0. The van der Waals surface area contributed by atoms with Gasteiger partial charge in [0.15, 0.2) is 0 Å². The molecule has 1 aromatic rings. The van der Waals surface area contributed by atoms with E-state index in [1.165, 1.54) is 13.2 Å². The summed E-state index contributed by atoms with van der Waals surface area (Å²) in [6.07, 6.45) is 0.966. The summed E-state index contributed by atoms with van der Waals surface area (Å²) >= 11 is 0. The van der Waals surface area contributed by atoms with E-state index >= 15 is 0 Å². The molecule has 0 radical (unpaired) electrons. The van der Waals surface area contributed by atoms with Crippen molar-refractivity contribution in [3.05, 3.63) is 34.6 Å². The predicted octanol–water partition coefficient (Wildman–Crippen LogP) is 3.38. The number of carbonyl (C=O) groups excluding carboxylic acids is 1. The summed E-state index contributed by atoms with van der Waals surface area (Å²) in [5.41, 5.74) is 1.28. The highest BCUT2D eigenvalue weighted by Gasteiger charge is 2.36. The number of aldehydes is 1. The van der Waals surface area contributed by atoms with Crippen molar-refractivity contribution in [1.29, 1.82) is 0 Å². The van der Waals surface area contributed by atoms with Crippen LogP contribution < -0.4 is 0 Å². The van der Waals surface area contributed by atoms with Gasteiger partial charge in [-0.1, -0.05) is 20.8 Å². The number of methoxy groups -OCH3 is 2. The van der Waals surface area contributed by atoms with Gasteiger partial charge >= 0.3 is 0 Å².